The van der Waals surface area contributed by atoms with E-state index in [-0.39, 0.29) is 6.54 Å². The Morgan fingerprint density at radius 2 is 2.14 bits per heavy atom. The van der Waals surface area contributed by atoms with E-state index >= 15 is 0 Å². The Hall–Kier alpha value is -3.24. The lowest BCUT2D eigenvalue weighted by Crippen LogP contribution is -2.22. The second-order valence-corrected chi connectivity index (χ2v) is 6.70. The fourth-order valence-corrected chi connectivity index (χ4v) is 3.38. The van der Waals surface area contributed by atoms with E-state index in [0.717, 1.165) is 0 Å². The third kappa shape index (κ3) is 3.23. The van der Waals surface area contributed by atoms with Gasteiger partial charge < -0.3 is 10.4 Å². The van der Waals surface area contributed by atoms with E-state index in [0.29, 0.717) is 49.9 Å². The summed E-state index contributed by atoms with van der Waals surface area (Å²) in [5.41, 5.74) is 3.04. The number of halogens is 2. The molecule has 0 unspecified atom stereocenters. The number of hydrogen-bond donors (Lipinski definition) is 3. The minimum atomic E-state index is -1.15. The minimum Gasteiger partial charge on any atom is -0.465 e. The fraction of sp³-hybridized carbons (Fsp3) is 0.125. The van der Waals surface area contributed by atoms with Crippen LogP contribution in [0.5, 0.6) is 0 Å². The normalized spacial score (nSPS) is 11.1. The third-order valence-electron chi connectivity index (χ3n) is 4.11. The molecular weight excluding hydrogens is 407 g/mol. The van der Waals surface area contributed by atoms with Crippen LogP contribution in [-0.2, 0) is 6.54 Å². The Morgan fingerprint density at radius 1 is 1.32 bits per heavy atom. The largest absolute Gasteiger partial charge is 0.465 e. The molecule has 3 heterocycles. The number of fused-ring (bicyclic) bond motifs is 1. The molecule has 0 aliphatic rings. The van der Waals surface area contributed by atoms with Gasteiger partial charge in [0, 0.05) is 28.0 Å². The summed E-state index contributed by atoms with van der Waals surface area (Å²) in [5, 5.41) is 25.9. The maximum Gasteiger partial charge on any atom is 0.404 e. The van der Waals surface area contributed by atoms with E-state index in [9.17, 15) is 4.79 Å². The fourth-order valence-electron chi connectivity index (χ4n) is 2.88. The van der Waals surface area contributed by atoms with E-state index < -0.39 is 6.09 Å². The highest BCUT2D eigenvalue weighted by Crippen LogP contribution is 2.34. The molecule has 3 aromatic heterocycles. The number of carboxylic acid groups (broad SMARTS) is 1. The Bertz CT molecular complexity index is 1190. The van der Waals surface area contributed by atoms with Gasteiger partial charge in [0.15, 0.2) is 5.82 Å². The predicted octanol–water partition coefficient (Wildman–Crippen LogP) is 2.96. The number of aromatic nitrogens is 7. The Kier molecular flexibility index (Phi) is 4.57. The molecule has 10 nitrogen and oxygen atoms in total. The van der Waals surface area contributed by atoms with E-state index in [1.54, 1.807) is 35.7 Å². The van der Waals surface area contributed by atoms with Crippen LogP contribution in [0.1, 0.15) is 11.3 Å². The van der Waals surface area contributed by atoms with Gasteiger partial charge in [-0.05, 0) is 35.5 Å². The number of nitrogens with one attached hydrogen (secondary N) is 2. The number of H-pyrrole nitrogens is 1. The van der Waals surface area contributed by atoms with Gasteiger partial charge in [-0.15, -0.1) is 5.10 Å². The average Bonchev–Trinajstić information content (AvgIpc) is 3.29. The molecule has 0 radical (unpaired) electrons. The highest BCUT2D eigenvalue weighted by molar-refractivity contribution is 6.36. The number of hydrogen-bond acceptors (Lipinski definition) is 6. The van der Waals surface area contributed by atoms with Crippen molar-refractivity contribution in [1.82, 2.24) is 40.3 Å². The third-order valence-corrected chi connectivity index (χ3v) is 4.66. The molecule has 12 heteroatoms. The molecule has 0 aliphatic heterocycles. The van der Waals surface area contributed by atoms with Gasteiger partial charge in [0.05, 0.1) is 17.3 Å². The zero-order valence-corrected chi connectivity index (χ0v) is 15.8. The average molecular weight is 419 g/mol. The van der Waals surface area contributed by atoms with Crippen molar-refractivity contribution in [1.29, 1.82) is 0 Å². The van der Waals surface area contributed by atoms with Crippen molar-refractivity contribution in [3.8, 4) is 22.8 Å². The quantitative estimate of drug-likeness (QED) is 0.463. The lowest BCUT2D eigenvalue weighted by Gasteiger charge is -2.16. The van der Waals surface area contributed by atoms with Crippen LogP contribution in [0, 0.1) is 6.92 Å². The van der Waals surface area contributed by atoms with Gasteiger partial charge in [0.25, 0.3) is 0 Å². The first-order valence-electron chi connectivity index (χ1n) is 7.99. The summed E-state index contributed by atoms with van der Waals surface area (Å²) in [5.74, 6) is 0.769. The van der Waals surface area contributed by atoms with Crippen LogP contribution >= 0.6 is 23.2 Å². The number of aromatic amines is 1. The summed E-state index contributed by atoms with van der Waals surface area (Å²) >= 11 is 12.5. The monoisotopic (exact) mass is 418 g/mol. The zero-order valence-electron chi connectivity index (χ0n) is 14.3. The van der Waals surface area contributed by atoms with Crippen molar-refractivity contribution in [2.45, 2.75) is 13.5 Å². The van der Waals surface area contributed by atoms with Crippen molar-refractivity contribution >= 4 is 35.1 Å². The molecule has 0 fully saturated rings. The summed E-state index contributed by atoms with van der Waals surface area (Å²) in [6, 6.07) is 5.09. The number of benzene rings is 1. The van der Waals surface area contributed by atoms with E-state index in [4.69, 9.17) is 28.3 Å². The second-order valence-electron chi connectivity index (χ2n) is 5.85. The van der Waals surface area contributed by atoms with Crippen LogP contribution in [-0.4, -0.2) is 46.2 Å². The van der Waals surface area contributed by atoms with Crippen LogP contribution in [0.3, 0.4) is 0 Å². The van der Waals surface area contributed by atoms with Gasteiger partial charge in [-0.3, -0.25) is 4.40 Å². The number of amides is 1. The van der Waals surface area contributed by atoms with Crippen molar-refractivity contribution in [3.05, 3.63) is 45.7 Å². The van der Waals surface area contributed by atoms with Gasteiger partial charge in [-0.2, -0.15) is 0 Å². The summed E-state index contributed by atoms with van der Waals surface area (Å²) in [6.07, 6.45) is 0.556. The molecule has 1 aromatic carbocycles. The van der Waals surface area contributed by atoms with Crippen LogP contribution in [0.4, 0.5) is 4.79 Å². The smallest absolute Gasteiger partial charge is 0.404 e. The Labute approximate surface area is 167 Å². The minimum absolute atomic E-state index is 0.0375. The number of carbonyl (C=O) groups is 1. The first-order chi connectivity index (χ1) is 13.4. The first-order valence-corrected chi connectivity index (χ1v) is 8.74. The molecular formula is C16H12Cl2N8O2. The maximum absolute atomic E-state index is 11.0. The summed E-state index contributed by atoms with van der Waals surface area (Å²) < 4.78 is 1.72. The standard InChI is InChI=1S/C16H12Cl2N8O2/c1-7-10(5-19-16(27)28)13(9-3-2-8(17)4-11(9)18)26-6-12(21-15(26)20-7)14-22-24-25-23-14/h2-4,6,19H,5H2,1H3,(H,27,28)(H,22,23,24,25). The maximum atomic E-state index is 11.0. The lowest BCUT2D eigenvalue weighted by atomic mass is 10.0. The molecule has 4 aromatic rings. The Morgan fingerprint density at radius 3 is 2.82 bits per heavy atom. The summed E-state index contributed by atoms with van der Waals surface area (Å²) in [4.78, 5) is 20.0. The molecule has 0 spiro atoms. The molecule has 28 heavy (non-hydrogen) atoms. The molecule has 3 N–H and O–H groups in total. The topological polar surface area (TPSA) is 134 Å². The van der Waals surface area contributed by atoms with Gasteiger partial charge in [0.2, 0.25) is 5.78 Å². The van der Waals surface area contributed by atoms with E-state index in [1.807, 2.05) is 0 Å². The molecule has 4 rings (SSSR count). The van der Waals surface area contributed by atoms with Crippen molar-refractivity contribution in [2.75, 3.05) is 0 Å². The predicted molar refractivity (Wildman–Crippen MR) is 101 cm³/mol. The van der Waals surface area contributed by atoms with Gasteiger partial charge in [-0.25, -0.2) is 19.9 Å². The van der Waals surface area contributed by atoms with Crippen LogP contribution < -0.4 is 5.32 Å². The molecule has 0 aliphatic carbocycles. The highest BCUT2D eigenvalue weighted by atomic mass is 35.5. The van der Waals surface area contributed by atoms with Gasteiger partial charge in [-0.1, -0.05) is 23.2 Å². The SMILES string of the molecule is Cc1nc2nc(-c3nnn[nH]3)cn2c(-c2ccc(Cl)cc2Cl)c1CNC(=O)O. The zero-order chi connectivity index (χ0) is 19.8. The second kappa shape index (κ2) is 7.06. The molecule has 0 saturated heterocycles. The van der Waals surface area contributed by atoms with E-state index in [2.05, 4.69) is 35.9 Å². The highest BCUT2D eigenvalue weighted by Gasteiger charge is 2.20. The molecule has 142 valence electrons. The van der Waals surface area contributed by atoms with Crippen molar-refractivity contribution in [2.24, 2.45) is 0 Å². The number of imidazole rings is 1. The van der Waals surface area contributed by atoms with Crippen molar-refractivity contribution < 1.29 is 9.90 Å². The van der Waals surface area contributed by atoms with Gasteiger partial charge in [0.1, 0.15) is 5.69 Å². The van der Waals surface area contributed by atoms with Crippen LogP contribution in [0.15, 0.2) is 24.4 Å². The summed E-state index contributed by atoms with van der Waals surface area (Å²) in [7, 11) is 0. The van der Waals surface area contributed by atoms with Crippen LogP contribution in [0.2, 0.25) is 10.0 Å². The van der Waals surface area contributed by atoms with E-state index in [1.165, 1.54) is 0 Å². The summed E-state index contributed by atoms with van der Waals surface area (Å²) in [6.45, 7) is 1.81. The molecule has 1 amide bonds. The van der Waals surface area contributed by atoms with Gasteiger partial charge >= 0.3 is 6.09 Å². The van der Waals surface area contributed by atoms with Crippen LogP contribution in [0.25, 0.3) is 28.6 Å². The molecule has 0 atom stereocenters. The van der Waals surface area contributed by atoms with Crippen molar-refractivity contribution in [3.63, 3.8) is 0 Å². The first kappa shape index (κ1) is 18.1. The number of tetrazole rings is 1. The number of aryl methyl sites for hydroxylation is 1. The lowest BCUT2D eigenvalue weighted by molar-refractivity contribution is 0.194. The molecule has 0 bridgehead atoms. The Balaban J connectivity index is 2.00. The molecule has 0 saturated carbocycles. The number of nitrogens with zero attached hydrogens (tertiary/aromatic N) is 6. The number of rotatable bonds is 4.